The van der Waals surface area contributed by atoms with Gasteiger partial charge in [0.2, 0.25) is 0 Å². The Hall–Kier alpha value is -3.05. The second-order valence-corrected chi connectivity index (χ2v) is 6.41. The van der Waals surface area contributed by atoms with Gasteiger partial charge in [0.25, 0.3) is 5.56 Å². The summed E-state index contributed by atoms with van der Waals surface area (Å²) in [5, 5.41) is 9.62. The van der Waals surface area contributed by atoms with Crippen molar-refractivity contribution < 1.29 is 13.9 Å². The van der Waals surface area contributed by atoms with Gasteiger partial charge in [-0.25, -0.2) is 9.78 Å². The van der Waals surface area contributed by atoms with Crippen molar-refractivity contribution in [3.63, 3.8) is 0 Å². The molecule has 0 atom stereocenters. The first kappa shape index (κ1) is 17.8. The largest absolute Gasteiger partial charge is 0.467 e. The molecule has 2 heterocycles. The van der Waals surface area contributed by atoms with Crippen LogP contribution in [-0.2, 0) is 11.3 Å². The molecular weight excluding hydrogens is 354 g/mol. The Morgan fingerprint density at radius 2 is 2.27 bits per heavy atom. The van der Waals surface area contributed by atoms with Crippen LogP contribution in [0.15, 0.2) is 51.0 Å². The molecule has 0 N–H and O–H groups in total. The molecule has 7 nitrogen and oxygen atoms in total. The van der Waals surface area contributed by atoms with Crippen molar-refractivity contribution in [2.45, 2.75) is 18.1 Å². The van der Waals surface area contributed by atoms with E-state index in [0.717, 1.165) is 0 Å². The summed E-state index contributed by atoms with van der Waals surface area (Å²) in [5.41, 5.74) is 0.499. The maximum Gasteiger partial charge on any atom is 0.337 e. The summed E-state index contributed by atoms with van der Waals surface area (Å²) in [6.07, 6.45) is 1.88. The number of hydrogen-bond acceptors (Lipinski definition) is 7. The summed E-state index contributed by atoms with van der Waals surface area (Å²) >= 11 is 1.31. The normalized spacial score (nSPS) is 10.6. The summed E-state index contributed by atoms with van der Waals surface area (Å²) in [6, 6.07) is 10.2. The van der Waals surface area contributed by atoms with Gasteiger partial charge in [0.1, 0.15) is 5.76 Å². The van der Waals surface area contributed by atoms with E-state index in [4.69, 9.17) is 14.4 Å². The first-order chi connectivity index (χ1) is 12.6. The van der Waals surface area contributed by atoms with Crippen LogP contribution in [0.25, 0.3) is 10.9 Å². The number of furan rings is 1. The second-order valence-electron chi connectivity index (χ2n) is 5.35. The summed E-state index contributed by atoms with van der Waals surface area (Å²) in [6.45, 7) is 0.239. The van der Waals surface area contributed by atoms with Gasteiger partial charge >= 0.3 is 5.97 Å². The smallest absolute Gasteiger partial charge is 0.337 e. The number of nitrogens with zero attached hydrogens (tertiary/aromatic N) is 3. The van der Waals surface area contributed by atoms with Crippen molar-refractivity contribution in [2.24, 2.45) is 0 Å². The fourth-order valence-electron chi connectivity index (χ4n) is 2.44. The number of benzene rings is 1. The number of ether oxygens (including phenoxy) is 1. The number of aromatic nitrogens is 2. The zero-order valence-electron chi connectivity index (χ0n) is 14.0. The lowest BCUT2D eigenvalue weighted by Gasteiger charge is -2.12. The molecule has 0 saturated heterocycles. The van der Waals surface area contributed by atoms with Gasteiger partial charge in [0.15, 0.2) is 5.16 Å². The highest BCUT2D eigenvalue weighted by molar-refractivity contribution is 7.99. The zero-order valence-corrected chi connectivity index (χ0v) is 14.8. The third kappa shape index (κ3) is 3.63. The van der Waals surface area contributed by atoms with E-state index >= 15 is 0 Å². The Morgan fingerprint density at radius 3 is 2.96 bits per heavy atom. The average molecular weight is 369 g/mol. The number of methoxy groups -OCH3 is 1. The number of rotatable bonds is 6. The van der Waals surface area contributed by atoms with Crippen LogP contribution in [0, 0.1) is 11.3 Å². The monoisotopic (exact) mass is 369 g/mol. The Morgan fingerprint density at radius 1 is 1.42 bits per heavy atom. The van der Waals surface area contributed by atoms with E-state index in [1.165, 1.54) is 35.6 Å². The SMILES string of the molecule is COC(=O)c1ccc2c(=O)n(Cc3ccco3)c(SCCC#N)nc2c1. The molecule has 0 amide bonds. The predicted octanol–water partition coefficient (Wildman–Crippen LogP) is 2.83. The molecule has 0 aliphatic carbocycles. The van der Waals surface area contributed by atoms with Gasteiger partial charge in [0, 0.05) is 12.2 Å². The molecule has 1 aromatic carbocycles. The molecule has 3 aromatic rings. The molecular formula is C18H15N3O4S. The molecule has 0 aliphatic heterocycles. The Balaban J connectivity index is 2.11. The molecule has 0 saturated carbocycles. The molecule has 0 radical (unpaired) electrons. The van der Waals surface area contributed by atoms with Crippen LogP contribution in [0.2, 0.25) is 0 Å². The third-order valence-electron chi connectivity index (χ3n) is 3.68. The number of esters is 1. The highest BCUT2D eigenvalue weighted by Crippen LogP contribution is 2.21. The van der Waals surface area contributed by atoms with Gasteiger partial charge in [0.05, 0.1) is 42.5 Å². The van der Waals surface area contributed by atoms with Gasteiger partial charge < -0.3 is 9.15 Å². The molecule has 2 aromatic heterocycles. The van der Waals surface area contributed by atoms with Crippen LogP contribution in [0.3, 0.4) is 0 Å². The van der Waals surface area contributed by atoms with Gasteiger partial charge in [-0.3, -0.25) is 9.36 Å². The summed E-state index contributed by atoms with van der Waals surface area (Å²) in [5.74, 6) is 0.636. The van der Waals surface area contributed by atoms with Gasteiger partial charge in [-0.1, -0.05) is 11.8 Å². The van der Waals surface area contributed by atoms with E-state index in [0.29, 0.717) is 39.6 Å². The number of thioether (sulfide) groups is 1. The van der Waals surface area contributed by atoms with Gasteiger partial charge in [-0.05, 0) is 30.3 Å². The number of carbonyl (C=O) groups is 1. The van der Waals surface area contributed by atoms with Crippen molar-refractivity contribution in [3.8, 4) is 6.07 Å². The maximum absolute atomic E-state index is 12.9. The van der Waals surface area contributed by atoms with Crippen molar-refractivity contribution in [1.29, 1.82) is 5.26 Å². The van der Waals surface area contributed by atoms with Crippen LogP contribution in [-0.4, -0.2) is 28.4 Å². The first-order valence-corrected chi connectivity index (χ1v) is 8.77. The average Bonchev–Trinajstić information content (AvgIpc) is 3.17. The molecule has 0 fully saturated rings. The number of carbonyl (C=O) groups excluding carboxylic acids is 1. The fourth-order valence-corrected chi connectivity index (χ4v) is 3.28. The molecule has 3 rings (SSSR count). The van der Waals surface area contributed by atoms with Crippen molar-refractivity contribution in [2.75, 3.05) is 12.9 Å². The Bertz CT molecular complexity index is 1040. The summed E-state index contributed by atoms with van der Waals surface area (Å²) < 4.78 is 11.6. The maximum atomic E-state index is 12.9. The van der Waals surface area contributed by atoms with Gasteiger partial charge in [-0.2, -0.15) is 5.26 Å². The van der Waals surface area contributed by atoms with E-state index in [9.17, 15) is 9.59 Å². The van der Waals surface area contributed by atoms with Crippen molar-refractivity contribution in [1.82, 2.24) is 9.55 Å². The van der Waals surface area contributed by atoms with Crippen LogP contribution >= 0.6 is 11.8 Å². The summed E-state index contributed by atoms with van der Waals surface area (Å²) in [4.78, 5) is 29.2. The quantitative estimate of drug-likeness (QED) is 0.285. The highest BCUT2D eigenvalue weighted by Gasteiger charge is 2.15. The molecule has 26 heavy (non-hydrogen) atoms. The lowest BCUT2D eigenvalue weighted by Crippen LogP contribution is -2.24. The minimum atomic E-state index is -0.493. The zero-order chi connectivity index (χ0) is 18.5. The van der Waals surface area contributed by atoms with E-state index in [2.05, 4.69) is 11.1 Å². The van der Waals surface area contributed by atoms with Crippen LogP contribution in [0.1, 0.15) is 22.5 Å². The van der Waals surface area contributed by atoms with Crippen molar-refractivity contribution >= 4 is 28.6 Å². The van der Waals surface area contributed by atoms with Gasteiger partial charge in [-0.15, -0.1) is 0 Å². The van der Waals surface area contributed by atoms with Crippen LogP contribution in [0.5, 0.6) is 0 Å². The topological polar surface area (TPSA) is 98.1 Å². The molecule has 0 bridgehead atoms. The Kier molecular flexibility index (Phi) is 5.39. The third-order valence-corrected chi connectivity index (χ3v) is 4.66. The highest BCUT2D eigenvalue weighted by atomic mass is 32.2. The fraction of sp³-hybridized carbons (Fsp3) is 0.222. The number of fused-ring (bicyclic) bond motifs is 1. The van der Waals surface area contributed by atoms with E-state index in [-0.39, 0.29) is 12.1 Å². The lowest BCUT2D eigenvalue weighted by atomic mass is 10.1. The minimum Gasteiger partial charge on any atom is -0.467 e. The molecule has 132 valence electrons. The molecule has 0 aliphatic rings. The van der Waals surface area contributed by atoms with E-state index in [1.807, 2.05) is 0 Å². The lowest BCUT2D eigenvalue weighted by molar-refractivity contribution is 0.0601. The van der Waals surface area contributed by atoms with E-state index < -0.39 is 5.97 Å². The van der Waals surface area contributed by atoms with Crippen LogP contribution in [0.4, 0.5) is 0 Å². The number of nitriles is 1. The van der Waals surface area contributed by atoms with E-state index in [1.54, 1.807) is 24.5 Å². The minimum absolute atomic E-state index is 0.234. The molecule has 0 unspecified atom stereocenters. The first-order valence-electron chi connectivity index (χ1n) is 7.79. The Labute approximate surface area is 153 Å². The number of hydrogen-bond donors (Lipinski definition) is 0. The van der Waals surface area contributed by atoms with Crippen molar-refractivity contribution in [3.05, 3.63) is 58.3 Å². The predicted molar refractivity (Wildman–Crippen MR) is 96.1 cm³/mol. The standard InChI is InChI=1S/C18H15N3O4S/c1-24-17(23)12-5-6-14-15(10-12)20-18(26-9-3-7-19)21(16(14)22)11-13-4-2-8-25-13/h2,4-6,8,10H,3,9,11H2,1H3. The summed E-state index contributed by atoms with van der Waals surface area (Å²) in [7, 11) is 1.30. The van der Waals surface area contributed by atoms with Crippen LogP contribution < -0.4 is 5.56 Å². The molecule has 0 spiro atoms. The second kappa shape index (κ2) is 7.89. The molecule has 8 heteroatoms.